The number of carbonyl (C=O) groups excluding carboxylic acids is 2. The summed E-state index contributed by atoms with van der Waals surface area (Å²) in [6.07, 6.45) is 0. The highest BCUT2D eigenvalue weighted by Gasteiger charge is 2.09. The van der Waals surface area contributed by atoms with E-state index in [1.165, 1.54) is 6.92 Å². The molecule has 29 heavy (non-hydrogen) atoms. The van der Waals surface area contributed by atoms with Crippen molar-refractivity contribution in [3.05, 3.63) is 53.6 Å². The Balaban J connectivity index is 1.90. The third-order valence-electron chi connectivity index (χ3n) is 3.85. The molecule has 154 valence electrons. The molecule has 0 spiro atoms. The average molecular weight is 416 g/mol. The summed E-state index contributed by atoms with van der Waals surface area (Å²) in [4.78, 5) is 23.6. The van der Waals surface area contributed by atoms with Crippen LogP contribution in [0.2, 0.25) is 0 Å². The van der Waals surface area contributed by atoms with E-state index in [1.54, 1.807) is 30.3 Å². The normalized spacial score (nSPS) is 10.2. The zero-order valence-electron chi connectivity index (χ0n) is 16.7. The van der Waals surface area contributed by atoms with Crippen molar-refractivity contribution in [3.63, 3.8) is 0 Å². The number of ether oxygens (including phenoxy) is 2. The van der Waals surface area contributed by atoms with Gasteiger partial charge < -0.3 is 20.1 Å². The van der Waals surface area contributed by atoms with Crippen LogP contribution >= 0.6 is 12.2 Å². The van der Waals surface area contributed by atoms with Gasteiger partial charge in [0.2, 0.25) is 5.91 Å². The molecule has 0 aromatic heterocycles. The summed E-state index contributed by atoms with van der Waals surface area (Å²) < 4.78 is 10.7. The summed E-state index contributed by atoms with van der Waals surface area (Å²) in [6, 6.07) is 12.2. The summed E-state index contributed by atoms with van der Waals surface area (Å²) in [5.41, 5.74) is 2.71. The number of hydrogen-bond donors (Lipinski definition) is 3. The molecule has 0 saturated heterocycles. The Morgan fingerprint density at radius 3 is 2.41 bits per heavy atom. The lowest BCUT2D eigenvalue weighted by atomic mass is 10.2. The minimum absolute atomic E-state index is 0.157. The number of anilines is 2. The second-order valence-electron chi connectivity index (χ2n) is 6.19. The number of rotatable bonds is 8. The van der Waals surface area contributed by atoms with Crippen LogP contribution in [0.25, 0.3) is 0 Å². The van der Waals surface area contributed by atoms with E-state index in [0.29, 0.717) is 42.5 Å². The van der Waals surface area contributed by atoms with E-state index in [9.17, 15) is 9.59 Å². The van der Waals surface area contributed by atoms with Crippen LogP contribution in [0.4, 0.5) is 11.4 Å². The molecule has 0 atom stereocenters. The average Bonchev–Trinajstić information content (AvgIpc) is 2.68. The fourth-order valence-corrected chi connectivity index (χ4v) is 2.64. The van der Waals surface area contributed by atoms with Crippen molar-refractivity contribution < 1.29 is 19.1 Å². The lowest BCUT2D eigenvalue weighted by Gasteiger charge is -2.13. The van der Waals surface area contributed by atoms with Gasteiger partial charge in [-0.3, -0.25) is 14.9 Å². The SMILES string of the molecule is CCOCCOc1ccc(C(=O)NC(=S)Nc2ccc(C)c(NC(C)=O)c2)cc1. The van der Waals surface area contributed by atoms with E-state index in [0.717, 1.165) is 5.56 Å². The lowest BCUT2D eigenvalue weighted by molar-refractivity contribution is -0.114. The van der Waals surface area contributed by atoms with Crippen LogP contribution in [0.3, 0.4) is 0 Å². The molecule has 0 aliphatic heterocycles. The van der Waals surface area contributed by atoms with Crippen molar-refractivity contribution in [1.82, 2.24) is 5.32 Å². The number of nitrogens with one attached hydrogen (secondary N) is 3. The quantitative estimate of drug-likeness (QED) is 0.452. The second-order valence-corrected chi connectivity index (χ2v) is 6.60. The molecular formula is C21H25N3O4S. The number of amides is 2. The van der Waals surface area contributed by atoms with E-state index in [2.05, 4.69) is 16.0 Å². The molecule has 2 rings (SSSR count). The second kappa shape index (κ2) is 11.1. The molecule has 8 heteroatoms. The molecule has 0 heterocycles. The molecule has 0 radical (unpaired) electrons. The molecule has 0 unspecified atom stereocenters. The van der Waals surface area contributed by atoms with Crippen LogP contribution in [-0.4, -0.2) is 36.7 Å². The van der Waals surface area contributed by atoms with Crippen molar-refractivity contribution in [2.45, 2.75) is 20.8 Å². The summed E-state index contributed by atoms with van der Waals surface area (Å²) in [7, 11) is 0. The maximum absolute atomic E-state index is 12.4. The van der Waals surface area contributed by atoms with Crippen LogP contribution in [0.15, 0.2) is 42.5 Å². The maximum Gasteiger partial charge on any atom is 0.257 e. The molecule has 2 amide bonds. The molecule has 0 aliphatic rings. The molecule has 3 N–H and O–H groups in total. The van der Waals surface area contributed by atoms with Gasteiger partial charge in [-0.2, -0.15) is 0 Å². The Bertz CT molecular complexity index is 869. The van der Waals surface area contributed by atoms with E-state index < -0.39 is 0 Å². The van der Waals surface area contributed by atoms with Crippen LogP contribution in [0, 0.1) is 6.92 Å². The van der Waals surface area contributed by atoms with Gasteiger partial charge >= 0.3 is 0 Å². The molecule has 7 nitrogen and oxygen atoms in total. The molecule has 0 fully saturated rings. The predicted octanol–water partition coefficient (Wildman–Crippen LogP) is 3.50. The summed E-state index contributed by atoms with van der Waals surface area (Å²) in [5.74, 6) is 0.163. The van der Waals surface area contributed by atoms with Crippen molar-refractivity contribution in [2.24, 2.45) is 0 Å². The minimum atomic E-state index is -0.336. The van der Waals surface area contributed by atoms with Gasteiger partial charge in [0.15, 0.2) is 5.11 Å². The first-order valence-electron chi connectivity index (χ1n) is 9.20. The third kappa shape index (κ3) is 7.52. The van der Waals surface area contributed by atoms with Gasteiger partial charge in [-0.1, -0.05) is 6.07 Å². The summed E-state index contributed by atoms with van der Waals surface area (Å²) in [5, 5.41) is 8.48. The highest BCUT2D eigenvalue weighted by Crippen LogP contribution is 2.20. The summed E-state index contributed by atoms with van der Waals surface area (Å²) >= 11 is 5.22. The molecule has 0 bridgehead atoms. The Labute approximate surface area is 175 Å². The first kappa shape index (κ1) is 22.3. The Morgan fingerprint density at radius 1 is 1.03 bits per heavy atom. The number of hydrogen-bond acceptors (Lipinski definition) is 5. The van der Waals surface area contributed by atoms with E-state index >= 15 is 0 Å². The third-order valence-corrected chi connectivity index (χ3v) is 4.05. The topological polar surface area (TPSA) is 88.7 Å². The molecule has 2 aromatic carbocycles. The van der Waals surface area contributed by atoms with Gasteiger partial charge in [0.1, 0.15) is 12.4 Å². The van der Waals surface area contributed by atoms with E-state index in [4.69, 9.17) is 21.7 Å². The molecule has 0 aliphatic carbocycles. The Kier molecular flexibility index (Phi) is 8.57. The van der Waals surface area contributed by atoms with Gasteiger partial charge in [-0.05, 0) is 68.0 Å². The van der Waals surface area contributed by atoms with E-state index in [1.807, 2.05) is 26.0 Å². The fraction of sp³-hybridized carbons (Fsp3) is 0.286. The Morgan fingerprint density at radius 2 is 1.76 bits per heavy atom. The number of benzene rings is 2. The number of thiocarbonyl (C=S) groups is 1. The fourth-order valence-electron chi connectivity index (χ4n) is 2.43. The van der Waals surface area contributed by atoms with Gasteiger partial charge in [0.25, 0.3) is 5.91 Å². The van der Waals surface area contributed by atoms with Gasteiger partial charge in [-0.15, -0.1) is 0 Å². The largest absolute Gasteiger partial charge is 0.491 e. The monoisotopic (exact) mass is 415 g/mol. The standard InChI is InChI=1S/C21H25N3O4S/c1-4-27-11-12-28-18-9-6-16(7-10-18)20(26)24-21(29)23-17-8-5-14(2)19(13-17)22-15(3)25/h5-10,13H,4,11-12H2,1-3H3,(H,22,25)(H2,23,24,26,29). The van der Waals surface area contributed by atoms with Crippen molar-refractivity contribution in [1.29, 1.82) is 0 Å². The Hall–Kier alpha value is -2.97. The number of aryl methyl sites for hydroxylation is 1. The van der Waals surface area contributed by atoms with Crippen LogP contribution in [-0.2, 0) is 9.53 Å². The van der Waals surface area contributed by atoms with Crippen molar-refractivity contribution in [2.75, 3.05) is 30.5 Å². The zero-order valence-corrected chi connectivity index (χ0v) is 17.5. The first-order chi connectivity index (χ1) is 13.9. The van der Waals surface area contributed by atoms with Gasteiger partial charge in [0.05, 0.1) is 6.61 Å². The van der Waals surface area contributed by atoms with E-state index in [-0.39, 0.29) is 16.9 Å². The zero-order chi connectivity index (χ0) is 21.2. The molecular weight excluding hydrogens is 390 g/mol. The summed E-state index contributed by atoms with van der Waals surface area (Å²) in [6.45, 7) is 6.87. The van der Waals surface area contributed by atoms with Crippen LogP contribution < -0.4 is 20.7 Å². The minimum Gasteiger partial charge on any atom is -0.491 e. The molecule has 0 saturated carbocycles. The van der Waals surface area contributed by atoms with Gasteiger partial charge in [-0.25, -0.2) is 0 Å². The lowest BCUT2D eigenvalue weighted by Crippen LogP contribution is -2.34. The first-order valence-corrected chi connectivity index (χ1v) is 9.61. The predicted molar refractivity (Wildman–Crippen MR) is 118 cm³/mol. The van der Waals surface area contributed by atoms with Crippen LogP contribution in [0.5, 0.6) is 5.75 Å². The van der Waals surface area contributed by atoms with Crippen LogP contribution in [0.1, 0.15) is 29.8 Å². The smallest absolute Gasteiger partial charge is 0.257 e. The van der Waals surface area contributed by atoms with Crippen molar-refractivity contribution in [3.8, 4) is 5.75 Å². The molecule has 2 aromatic rings. The van der Waals surface area contributed by atoms with Gasteiger partial charge in [0, 0.05) is 30.5 Å². The number of carbonyl (C=O) groups is 2. The highest BCUT2D eigenvalue weighted by molar-refractivity contribution is 7.80. The maximum atomic E-state index is 12.4. The highest BCUT2D eigenvalue weighted by atomic mass is 32.1. The van der Waals surface area contributed by atoms with Crippen molar-refractivity contribution >= 4 is 40.5 Å².